The van der Waals surface area contributed by atoms with Crippen LogP contribution in [-0.4, -0.2) is 46.9 Å². The zero-order valence-corrected chi connectivity index (χ0v) is 15.0. The summed E-state index contributed by atoms with van der Waals surface area (Å²) in [5.74, 6) is -0.238. The lowest BCUT2D eigenvalue weighted by atomic mass is 9.88. The topological polar surface area (TPSA) is 120 Å². The van der Waals surface area contributed by atoms with Crippen LogP contribution in [0.15, 0.2) is 12.1 Å². The second-order valence-electron chi connectivity index (χ2n) is 7.66. The van der Waals surface area contributed by atoms with Gasteiger partial charge in [0.1, 0.15) is 11.7 Å². The minimum absolute atomic E-state index is 0.238. The van der Waals surface area contributed by atoms with E-state index >= 15 is 0 Å². The number of nitriles is 1. The predicted molar refractivity (Wildman–Crippen MR) is 95.0 cm³/mol. The number of nitrogen functional groups attached to an aromatic ring is 1. The van der Waals surface area contributed by atoms with Crippen LogP contribution in [-0.2, 0) is 4.74 Å². The molecule has 1 fully saturated rings. The molecule has 1 aromatic carbocycles. The maximum atomic E-state index is 12.9. The van der Waals surface area contributed by atoms with Crippen molar-refractivity contribution in [1.82, 2.24) is 4.90 Å². The fraction of sp³-hybridized carbons (Fsp3) is 0.500. The zero-order valence-electron chi connectivity index (χ0n) is 15.0. The molecule has 138 valence electrons. The van der Waals surface area contributed by atoms with E-state index in [1.54, 1.807) is 26.8 Å². The Kier molecular flexibility index (Phi) is 4.18. The average Bonchev–Trinajstić information content (AvgIpc) is 2.86. The molecule has 2 amide bonds. The number of piperidine rings is 1. The molecule has 2 heterocycles. The van der Waals surface area contributed by atoms with Crippen LogP contribution in [0.1, 0.15) is 44.2 Å². The van der Waals surface area contributed by atoms with Crippen LogP contribution < -0.4 is 10.6 Å². The summed E-state index contributed by atoms with van der Waals surface area (Å²) in [4.78, 5) is 27.1. The van der Waals surface area contributed by atoms with E-state index < -0.39 is 17.8 Å². The van der Waals surface area contributed by atoms with Crippen LogP contribution in [0.4, 0.5) is 21.0 Å². The summed E-state index contributed by atoms with van der Waals surface area (Å²) in [6.45, 7) is 5.91. The summed E-state index contributed by atoms with van der Waals surface area (Å²) in [5, 5.41) is 18.9. The molecule has 26 heavy (non-hydrogen) atoms. The highest BCUT2D eigenvalue weighted by atomic mass is 16.6. The molecular formula is C18H22N4O4. The van der Waals surface area contributed by atoms with Crippen molar-refractivity contribution in [3.63, 3.8) is 0 Å². The van der Waals surface area contributed by atoms with Crippen molar-refractivity contribution in [3.8, 4) is 6.07 Å². The molecule has 0 aromatic heterocycles. The van der Waals surface area contributed by atoms with Crippen LogP contribution in [0.5, 0.6) is 0 Å². The molecule has 1 saturated heterocycles. The molecule has 0 aliphatic carbocycles. The molecule has 1 aromatic rings. The number of fused-ring (bicyclic) bond motifs is 3. The highest BCUT2D eigenvalue weighted by Crippen LogP contribution is 2.47. The number of hydrogen-bond donors (Lipinski definition) is 2. The molecule has 3 N–H and O–H groups in total. The molecular weight excluding hydrogens is 336 g/mol. The second-order valence-corrected chi connectivity index (χ2v) is 7.66. The molecule has 2 aliphatic heterocycles. The van der Waals surface area contributed by atoms with Crippen LogP contribution >= 0.6 is 0 Å². The number of nitrogens with two attached hydrogens (primary N) is 1. The Labute approximate surface area is 151 Å². The molecule has 0 bridgehead atoms. The molecule has 0 saturated carbocycles. The minimum Gasteiger partial charge on any atom is -0.465 e. The third-order valence-corrected chi connectivity index (χ3v) is 4.69. The third-order valence-electron chi connectivity index (χ3n) is 4.69. The SMILES string of the molecule is CC(C)(C)OC(=O)N1c2c(C#N)cc(N)cc2C2CN(C(=O)O)CCC21. The number of ether oxygens (including phenoxy) is 1. The van der Waals surface area contributed by atoms with Crippen LogP contribution in [0.2, 0.25) is 0 Å². The fourth-order valence-electron chi connectivity index (χ4n) is 3.75. The van der Waals surface area contributed by atoms with E-state index in [9.17, 15) is 20.0 Å². The van der Waals surface area contributed by atoms with Crippen molar-refractivity contribution in [1.29, 1.82) is 5.26 Å². The monoisotopic (exact) mass is 358 g/mol. The molecule has 2 unspecified atom stereocenters. The number of likely N-dealkylation sites (tertiary alicyclic amines) is 1. The lowest BCUT2D eigenvalue weighted by Gasteiger charge is -2.37. The number of amides is 2. The van der Waals surface area contributed by atoms with Gasteiger partial charge in [-0.05, 0) is 44.9 Å². The maximum absolute atomic E-state index is 12.9. The first-order valence-electron chi connectivity index (χ1n) is 8.46. The molecule has 2 atom stereocenters. The van der Waals surface area contributed by atoms with Crippen molar-refractivity contribution in [3.05, 3.63) is 23.3 Å². The lowest BCUT2D eigenvalue weighted by Crippen LogP contribution is -2.50. The Morgan fingerprint density at radius 1 is 1.38 bits per heavy atom. The standard InChI is InChI=1S/C18H22N4O4/c1-18(2,3)26-17(25)22-14-4-5-21(16(23)24)9-13(14)12-7-11(20)6-10(8-19)15(12)22/h6-7,13-14H,4-5,9,20H2,1-3H3,(H,23,24). The van der Waals surface area contributed by atoms with Crippen molar-refractivity contribution in [2.24, 2.45) is 0 Å². The Hall–Kier alpha value is -2.95. The van der Waals surface area contributed by atoms with Gasteiger partial charge >= 0.3 is 12.2 Å². The highest BCUT2D eigenvalue weighted by molar-refractivity contribution is 5.95. The zero-order chi connectivity index (χ0) is 19.2. The second kappa shape index (κ2) is 6.09. The predicted octanol–water partition coefficient (Wildman–Crippen LogP) is 2.73. The molecule has 0 radical (unpaired) electrons. The summed E-state index contributed by atoms with van der Waals surface area (Å²) in [7, 11) is 0. The van der Waals surface area contributed by atoms with Gasteiger partial charge in [-0.25, -0.2) is 9.59 Å². The van der Waals surface area contributed by atoms with Gasteiger partial charge in [0.25, 0.3) is 0 Å². The van der Waals surface area contributed by atoms with Gasteiger partial charge in [-0.1, -0.05) is 0 Å². The quantitative estimate of drug-likeness (QED) is 0.688. The van der Waals surface area contributed by atoms with E-state index in [1.807, 2.05) is 0 Å². The van der Waals surface area contributed by atoms with Gasteiger partial charge in [0.05, 0.1) is 17.3 Å². The van der Waals surface area contributed by atoms with Gasteiger partial charge in [-0.2, -0.15) is 5.26 Å². The third kappa shape index (κ3) is 3.01. The van der Waals surface area contributed by atoms with Crippen LogP contribution in [0.3, 0.4) is 0 Å². The van der Waals surface area contributed by atoms with E-state index in [0.717, 1.165) is 5.56 Å². The van der Waals surface area contributed by atoms with Crippen LogP contribution in [0, 0.1) is 11.3 Å². The number of carbonyl (C=O) groups excluding carboxylic acids is 1. The smallest absolute Gasteiger partial charge is 0.415 e. The number of nitrogens with zero attached hydrogens (tertiary/aromatic N) is 3. The Morgan fingerprint density at radius 3 is 2.65 bits per heavy atom. The number of anilines is 2. The Balaban J connectivity index is 2.09. The summed E-state index contributed by atoms with van der Waals surface area (Å²) in [6.07, 6.45) is -1.06. The summed E-state index contributed by atoms with van der Waals surface area (Å²) >= 11 is 0. The van der Waals surface area contributed by atoms with Crippen molar-refractivity contribution in [2.45, 2.75) is 44.8 Å². The van der Waals surface area contributed by atoms with Gasteiger partial charge in [0.15, 0.2) is 0 Å². The minimum atomic E-state index is -0.995. The van der Waals surface area contributed by atoms with Gasteiger partial charge in [-0.15, -0.1) is 0 Å². The average molecular weight is 358 g/mol. The molecule has 2 aliphatic rings. The van der Waals surface area contributed by atoms with Gasteiger partial charge in [0, 0.05) is 24.7 Å². The van der Waals surface area contributed by atoms with Crippen LogP contribution in [0.25, 0.3) is 0 Å². The number of carboxylic acid groups (broad SMARTS) is 1. The van der Waals surface area contributed by atoms with E-state index in [-0.39, 0.29) is 18.5 Å². The Bertz CT molecular complexity index is 809. The van der Waals surface area contributed by atoms with E-state index in [4.69, 9.17) is 10.5 Å². The van der Waals surface area contributed by atoms with Gasteiger partial charge in [0.2, 0.25) is 0 Å². The molecule has 0 spiro atoms. The van der Waals surface area contributed by atoms with Gasteiger partial charge in [-0.3, -0.25) is 4.90 Å². The first-order valence-corrected chi connectivity index (χ1v) is 8.46. The van der Waals surface area contributed by atoms with Crippen molar-refractivity contribution < 1.29 is 19.4 Å². The van der Waals surface area contributed by atoms with E-state index in [1.165, 1.54) is 15.9 Å². The summed E-state index contributed by atoms with van der Waals surface area (Å²) in [6, 6.07) is 5.10. The maximum Gasteiger partial charge on any atom is 0.415 e. The van der Waals surface area contributed by atoms with E-state index in [2.05, 4.69) is 6.07 Å². The fourth-order valence-corrected chi connectivity index (χ4v) is 3.75. The Morgan fingerprint density at radius 2 is 2.08 bits per heavy atom. The number of hydrogen-bond acceptors (Lipinski definition) is 5. The van der Waals surface area contributed by atoms with Gasteiger partial charge < -0.3 is 20.5 Å². The molecule has 8 nitrogen and oxygen atoms in total. The first-order chi connectivity index (χ1) is 12.1. The summed E-state index contributed by atoms with van der Waals surface area (Å²) in [5.41, 5.74) is 7.17. The highest BCUT2D eigenvalue weighted by Gasteiger charge is 2.48. The number of rotatable bonds is 0. The largest absolute Gasteiger partial charge is 0.465 e. The van der Waals surface area contributed by atoms with E-state index in [0.29, 0.717) is 29.9 Å². The normalized spacial score (nSPS) is 21.6. The van der Waals surface area contributed by atoms with Crippen molar-refractivity contribution >= 4 is 23.6 Å². The summed E-state index contributed by atoms with van der Waals surface area (Å²) < 4.78 is 5.55. The first kappa shape index (κ1) is 17.9. The molecule has 3 rings (SSSR count). The van der Waals surface area contributed by atoms with Crippen molar-refractivity contribution in [2.75, 3.05) is 23.7 Å². The number of carbonyl (C=O) groups is 2. The lowest BCUT2D eigenvalue weighted by molar-refractivity contribution is 0.0552. The number of benzene rings is 1. The molecule has 8 heteroatoms.